The van der Waals surface area contributed by atoms with E-state index in [1.54, 1.807) is 18.5 Å². The van der Waals surface area contributed by atoms with E-state index >= 15 is 0 Å². The van der Waals surface area contributed by atoms with Crippen molar-refractivity contribution in [1.29, 1.82) is 0 Å². The molecule has 0 unspecified atom stereocenters. The zero-order valence-corrected chi connectivity index (χ0v) is 11.2. The summed E-state index contributed by atoms with van der Waals surface area (Å²) in [5.74, 6) is 0.781. The van der Waals surface area contributed by atoms with Gasteiger partial charge >= 0.3 is 0 Å². The molecule has 0 saturated carbocycles. The Morgan fingerprint density at radius 1 is 1.32 bits per heavy atom. The molecule has 0 aromatic carbocycles. The summed E-state index contributed by atoms with van der Waals surface area (Å²) >= 11 is 0. The second-order valence-corrected chi connectivity index (χ2v) is 5.27. The van der Waals surface area contributed by atoms with E-state index in [2.05, 4.69) is 14.9 Å². The average molecular weight is 262 g/mol. The highest BCUT2D eigenvalue weighted by Crippen LogP contribution is 2.27. The minimum atomic E-state index is 0.0592. The molecule has 2 aliphatic heterocycles. The molecule has 1 aromatic heterocycles. The van der Waals surface area contributed by atoms with Gasteiger partial charge in [-0.3, -0.25) is 4.79 Å². The highest BCUT2D eigenvalue weighted by Gasteiger charge is 2.44. The molecule has 102 valence electrons. The number of ether oxygens (including phenoxy) is 1. The fraction of sp³-hybridized carbons (Fsp3) is 0.615. The Morgan fingerprint density at radius 2 is 2.05 bits per heavy atom. The van der Waals surface area contributed by atoms with Crippen LogP contribution >= 0.6 is 0 Å². The van der Waals surface area contributed by atoms with Gasteiger partial charge in [0.25, 0.3) is 0 Å². The van der Waals surface area contributed by atoms with Crippen LogP contribution in [0.1, 0.15) is 13.8 Å². The summed E-state index contributed by atoms with van der Waals surface area (Å²) in [6.45, 7) is 5.75. The SMILES string of the molecule is CC(C)N1C(=O)CO[C@H]2CN(c3ncccn3)C[C@H]21. The molecule has 3 heterocycles. The number of amides is 1. The van der Waals surface area contributed by atoms with Crippen molar-refractivity contribution >= 4 is 11.9 Å². The van der Waals surface area contributed by atoms with Crippen LogP contribution in [0.4, 0.5) is 5.95 Å². The van der Waals surface area contributed by atoms with Gasteiger partial charge in [-0.15, -0.1) is 0 Å². The van der Waals surface area contributed by atoms with Crippen LogP contribution in [0.3, 0.4) is 0 Å². The van der Waals surface area contributed by atoms with Crippen LogP contribution in [0.2, 0.25) is 0 Å². The molecule has 19 heavy (non-hydrogen) atoms. The summed E-state index contributed by atoms with van der Waals surface area (Å²) in [7, 11) is 0. The molecular weight excluding hydrogens is 244 g/mol. The number of hydrogen-bond acceptors (Lipinski definition) is 5. The van der Waals surface area contributed by atoms with Gasteiger partial charge in [0.15, 0.2) is 0 Å². The maximum atomic E-state index is 12.0. The van der Waals surface area contributed by atoms with Crippen molar-refractivity contribution in [3.8, 4) is 0 Å². The number of carbonyl (C=O) groups is 1. The topological polar surface area (TPSA) is 58.6 Å². The molecular formula is C13H18N4O2. The Hall–Kier alpha value is -1.69. The van der Waals surface area contributed by atoms with Crippen LogP contribution in [-0.4, -0.2) is 58.7 Å². The van der Waals surface area contributed by atoms with E-state index in [0.717, 1.165) is 13.1 Å². The number of carbonyl (C=O) groups excluding carboxylic acids is 1. The molecule has 0 radical (unpaired) electrons. The smallest absolute Gasteiger partial charge is 0.249 e. The largest absolute Gasteiger partial charge is 0.364 e. The summed E-state index contributed by atoms with van der Waals surface area (Å²) in [6, 6.07) is 2.10. The van der Waals surface area contributed by atoms with Gasteiger partial charge in [0, 0.05) is 31.5 Å². The Labute approximate surface area is 112 Å². The summed E-state index contributed by atoms with van der Waals surface area (Å²) in [4.78, 5) is 24.5. The molecule has 0 spiro atoms. The Morgan fingerprint density at radius 3 is 2.74 bits per heavy atom. The van der Waals surface area contributed by atoms with E-state index in [0.29, 0.717) is 5.95 Å². The fourth-order valence-corrected chi connectivity index (χ4v) is 2.91. The molecule has 3 rings (SSSR count). The number of rotatable bonds is 2. The monoisotopic (exact) mass is 262 g/mol. The lowest BCUT2D eigenvalue weighted by Crippen LogP contribution is -2.56. The van der Waals surface area contributed by atoms with Crippen molar-refractivity contribution in [3.05, 3.63) is 18.5 Å². The second kappa shape index (κ2) is 4.77. The number of hydrogen-bond donors (Lipinski definition) is 0. The van der Waals surface area contributed by atoms with Gasteiger partial charge in [0.05, 0.1) is 12.1 Å². The molecule has 6 heteroatoms. The Bertz CT molecular complexity index is 465. The average Bonchev–Trinajstić information content (AvgIpc) is 2.83. The van der Waals surface area contributed by atoms with Gasteiger partial charge in [-0.05, 0) is 19.9 Å². The number of morpholine rings is 1. The predicted octanol–water partition coefficient (Wildman–Crippen LogP) is 0.301. The van der Waals surface area contributed by atoms with Gasteiger partial charge in [-0.1, -0.05) is 0 Å². The normalized spacial score (nSPS) is 27.0. The molecule has 0 bridgehead atoms. The molecule has 1 amide bonds. The van der Waals surface area contributed by atoms with Crippen molar-refractivity contribution in [2.75, 3.05) is 24.6 Å². The summed E-state index contributed by atoms with van der Waals surface area (Å²) < 4.78 is 5.66. The zero-order valence-electron chi connectivity index (χ0n) is 11.2. The summed E-state index contributed by atoms with van der Waals surface area (Å²) in [5.41, 5.74) is 0. The minimum absolute atomic E-state index is 0.0592. The third-order valence-corrected chi connectivity index (χ3v) is 3.69. The lowest BCUT2D eigenvalue weighted by molar-refractivity contribution is -0.155. The minimum Gasteiger partial charge on any atom is -0.364 e. The Kier molecular flexibility index (Phi) is 3.10. The van der Waals surface area contributed by atoms with Crippen LogP contribution < -0.4 is 4.90 Å². The van der Waals surface area contributed by atoms with Crippen molar-refractivity contribution < 1.29 is 9.53 Å². The number of nitrogens with zero attached hydrogens (tertiary/aromatic N) is 4. The quantitative estimate of drug-likeness (QED) is 0.767. The van der Waals surface area contributed by atoms with Crippen molar-refractivity contribution in [2.45, 2.75) is 32.0 Å². The van der Waals surface area contributed by atoms with Crippen LogP contribution in [0.5, 0.6) is 0 Å². The van der Waals surface area contributed by atoms with E-state index in [-0.39, 0.29) is 30.7 Å². The van der Waals surface area contributed by atoms with Crippen molar-refractivity contribution in [2.24, 2.45) is 0 Å². The highest BCUT2D eigenvalue weighted by molar-refractivity contribution is 5.79. The molecule has 1 aromatic rings. The maximum absolute atomic E-state index is 12.0. The molecule has 6 nitrogen and oxygen atoms in total. The summed E-state index contributed by atoms with van der Waals surface area (Å²) in [5, 5.41) is 0. The first-order valence-corrected chi connectivity index (χ1v) is 6.61. The number of aromatic nitrogens is 2. The van der Waals surface area contributed by atoms with Crippen molar-refractivity contribution in [3.63, 3.8) is 0 Å². The first-order chi connectivity index (χ1) is 9.16. The molecule has 2 fully saturated rings. The van der Waals surface area contributed by atoms with Gasteiger partial charge in [0.2, 0.25) is 11.9 Å². The van der Waals surface area contributed by atoms with Gasteiger partial charge in [0.1, 0.15) is 6.61 Å². The van der Waals surface area contributed by atoms with Gasteiger partial charge in [-0.2, -0.15) is 0 Å². The predicted molar refractivity (Wildman–Crippen MR) is 69.8 cm³/mol. The molecule has 2 atom stereocenters. The second-order valence-electron chi connectivity index (χ2n) is 5.27. The van der Waals surface area contributed by atoms with Crippen LogP contribution in [0, 0.1) is 0 Å². The highest BCUT2D eigenvalue weighted by atomic mass is 16.5. The number of fused-ring (bicyclic) bond motifs is 1. The van der Waals surface area contributed by atoms with E-state index in [1.807, 2.05) is 18.7 Å². The van der Waals surface area contributed by atoms with Crippen LogP contribution in [0.15, 0.2) is 18.5 Å². The molecule has 2 aliphatic rings. The fourth-order valence-electron chi connectivity index (χ4n) is 2.91. The molecule has 0 N–H and O–H groups in total. The first kappa shape index (κ1) is 12.3. The van der Waals surface area contributed by atoms with E-state index in [9.17, 15) is 4.79 Å². The summed E-state index contributed by atoms with van der Waals surface area (Å²) in [6.07, 6.45) is 3.52. The standard InChI is InChI=1S/C13H18N4O2/c1-9(2)17-10-6-16(13-14-4-3-5-15-13)7-11(10)19-8-12(17)18/h3-5,9-11H,6-8H2,1-2H3/t10-,11+/m1/s1. The maximum Gasteiger partial charge on any atom is 0.249 e. The molecule has 0 aliphatic carbocycles. The van der Waals surface area contributed by atoms with E-state index in [1.165, 1.54) is 0 Å². The lowest BCUT2D eigenvalue weighted by atomic mass is 10.1. The van der Waals surface area contributed by atoms with Crippen LogP contribution in [0.25, 0.3) is 0 Å². The van der Waals surface area contributed by atoms with Crippen molar-refractivity contribution in [1.82, 2.24) is 14.9 Å². The first-order valence-electron chi connectivity index (χ1n) is 6.61. The van der Waals surface area contributed by atoms with Gasteiger partial charge < -0.3 is 14.5 Å². The third-order valence-electron chi connectivity index (χ3n) is 3.69. The third kappa shape index (κ3) is 2.16. The van der Waals surface area contributed by atoms with E-state index < -0.39 is 0 Å². The van der Waals surface area contributed by atoms with Gasteiger partial charge in [-0.25, -0.2) is 9.97 Å². The zero-order chi connectivity index (χ0) is 13.4. The molecule has 2 saturated heterocycles. The van der Waals surface area contributed by atoms with E-state index in [4.69, 9.17) is 4.74 Å². The number of anilines is 1. The Balaban J connectivity index is 1.81. The van der Waals surface area contributed by atoms with Crippen LogP contribution in [-0.2, 0) is 9.53 Å². The lowest BCUT2D eigenvalue weighted by Gasteiger charge is -2.39.